The minimum Gasteiger partial charge on any atom is -0.321 e. The van der Waals surface area contributed by atoms with E-state index in [0.29, 0.717) is 0 Å². The Morgan fingerprint density at radius 1 is 0.818 bits per heavy atom. The molecule has 0 bridgehead atoms. The predicted molar refractivity (Wildman–Crippen MR) is 134 cm³/mol. The molecule has 33 heavy (non-hydrogen) atoms. The lowest BCUT2D eigenvalue weighted by Crippen LogP contribution is -2.43. The van der Waals surface area contributed by atoms with Crippen molar-refractivity contribution in [1.29, 1.82) is 0 Å². The summed E-state index contributed by atoms with van der Waals surface area (Å²) in [7, 11) is 0. The third kappa shape index (κ3) is 3.43. The van der Waals surface area contributed by atoms with Crippen molar-refractivity contribution in [3.63, 3.8) is 0 Å². The van der Waals surface area contributed by atoms with E-state index in [4.69, 9.17) is 15.8 Å². The molecule has 1 fully saturated rings. The summed E-state index contributed by atoms with van der Waals surface area (Å²) >= 11 is 0. The van der Waals surface area contributed by atoms with Gasteiger partial charge in [0, 0.05) is 28.9 Å². The third-order valence-corrected chi connectivity index (χ3v) is 6.94. The Kier molecular flexibility index (Phi) is 4.63. The smallest absolute Gasteiger partial charge is 0.156 e. The lowest BCUT2D eigenvalue weighted by Gasteiger charge is -2.38. The molecule has 0 unspecified atom stereocenters. The summed E-state index contributed by atoms with van der Waals surface area (Å²) in [6.07, 6.45) is 5.34. The number of rotatable bonds is 4. The van der Waals surface area contributed by atoms with Crippen LogP contribution in [0, 0.1) is 6.92 Å². The van der Waals surface area contributed by atoms with E-state index in [-0.39, 0.29) is 5.54 Å². The summed E-state index contributed by atoms with van der Waals surface area (Å²) in [4.78, 5) is 4.92. The Morgan fingerprint density at radius 2 is 1.61 bits per heavy atom. The molecular weight excluding hydrogens is 404 g/mol. The molecular formula is C29H26N4. The van der Waals surface area contributed by atoms with Crippen LogP contribution in [0.2, 0.25) is 0 Å². The first-order valence-corrected chi connectivity index (χ1v) is 11.5. The SMILES string of the molecule is Cc1cccc(-c2ccccc2)c1-c1cc2nc(-c3ccc(C4(N)CCC4)cc3)ccn2n1. The zero-order valence-corrected chi connectivity index (χ0v) is 18.7. The van der Waals surface area contributed by atoms with Crippen molar-refractivity contribution in [3.8, 4) is 33.6 Å². The van der Waals surface area contributed by atoms with Crippen molar-refractivity contribution < 1.29 is 0 Å². The minimum absolute atomic E-state index is 0.139. The summed E-state index contributed by atoms with van der Waals surface area (Å²) in [5, 5.41) is 4.87. The van der Waals surface area contributed by atoms with Crippen LogP contribution in [0.5, 0.6) is 0 Å². The van der Waals surface area contributed by atoms with Crippen LogP contribution in [0.4, 0.5) is 0 Å². The monoisotopic (exact) mass is 430 g/mol. The first kappa shape index (κ1) is 19.9. The fraction of sp³-hybridized carbons (Fsp3) is 0.172. The number of aryl methyl sites for hydroxylation is 1. The van der Waals surface area contributed by atoms with Gasteiger partial charge in [-0.2, -0.15) is 5.10 Å². The van der Waals surface area contributed by atoms with E-state index in [9.17, 15) is 0 Å². The van der Waals surface area contributed by atoms with Gasteiger partial charge in [0.1, 0.15) is 0 Å². The molecule has 4 heteroatoms. The molecule has 1 saturated carbocycles. The maximum Gasteiger partial charge on any atom is 0.156 e. The number of nitrogens with two attached hydrogens (primary N) is 1. The molecule has 2 aromatic heterocycles. The van der Waals surface area contributed by atoms with Crippen LogP contribution < -0.4 is 5.73 Å². The van der Waals surface area contributed by atoms with E-state index in [1.807, 2.05) is 22.8 Å². The van der Waals surface area contributed by atoms with Crippen LogP contribution in [-0.2, 0) is 5.54 Å². The zero-order valence-electron chi connectivity index (χ0n) is 18.7. The Hall–Kier alpha value is -3.76. The van der Waals surface area contributed by atoms with Gasteiger partial charge >= 0.3 is 0 Å². The Morgan fingerprint density at radius 3 is 2.33 bits per heavy atom. The van der Waals surface area contributed by atoms with Crippen molar-refractivity contribution in [3.05, 3.63) is 102 Å². The molecule has 4 nitrogen and oxygen atoms in total. The molecule has 5 aromatic rings. The average Bonchev–Trinajstić information content (AvgIpc) is 3.26. The highest BCUT2D eigenvalue weighted by Gasteiger charge is 2.34. The van der Waals surface area contributed by atoms with Crippen molar-refractivity contribution in [2.24, 2.45) is 5.73 Å². The van der Waals surface area contributed by atoms with E-state index in [2.05, 4.69) is 79.7 Å². The van der Waals surface area contributed by atoms with Gasteiger partial charge in [0.15, 0.2) is 5.65 Å². The summed E-state index contributed by atoms with van der Waals surface area (Å²) in [5.74, 6) is 0. The van der Waals surface area contributed by atoms with Gasteiger partial charge in [-0.15, -0.1) is 0 Å². The Labute approximate surface area is 193 Å². The fourth-order valence-electron chi connectivity index (χ4n) is 4.85. The van der Waals surface area contributed by atoms with E-state index in [1.54, 1.807) is 0 Å². The van der Waals surface area contributed by atoms with E-state index in [0.717, 1.165) is 41.0 Å². The molecule has 2 heterocycles. The van der Waals surface area contributed by atoms with E-state index >= 15 is 0 Å². The van der Waals surface area contributed by atoms with Crippen molar-refractivity contribution in [2.45, 2.75) is 31.7 Å². The molecule has 0 atom stereocenters. The van der Waals surface area contributed by atoms with Gasteiger partial charge in [-0.25, -0.2) is 9.50 Å². The molecule has 0 aliphatic heterocycles. The molecule has 2 N–H and O–H groups in total. The Balaban J connectivity index is 1.39. The average molecular weight is 431 g/mol. The molecule has 3 aromatic carbocycles. The highest BCUT2D eigenvalue weighted by Crippen LogP contribution is 2.39. The largest absolute Gasteiger partial charge is 0.321 e. The van der Waals surface area contributed by atoms with E-state index < -0.39 is 0 Å². The first-order chi connectivity index (χ1) is 16.1. The molecule has 1 aliphatic carbocycles. The molecule has 0 amide bonds. The molecule has 1 aliphatic rings. The van der Waals surface area contributed by atoms with Gasteiger partial charge in [0.25, 0.3) is 0 Å². The highest BCUT2D eigenvalue weighted by atomic mass is 15.2. The quantitative estimate of drug-likeness (QED) is 0.360. The van der Waals surface area contributed by atoms with Crippen LogP contribution in [0.15, 0.2) is 91.1 Å². The number of fused-ring (bicyclic) bond motifs is 1. The number of hydrogen-bond donors (Lipinski definition) is 1. The minimum atomic E-state index is -0.139. The lowest BCUT2D eigenvalue weighted by molar-refractivity contribution is 0.253. The first-order valence-electron chi connectivity index (χ1n) is 11.5. The van der Waals surface area contributed by atoms with Crippen LogP contribution in [0.3, 0.4) is 0 Å². The second-order valence-corrected chi connectivity index (χ2v) is 9.10. The number of aromatic nitrogens is 3. The van der Waals surface area contributed by atoms with Gasteiger partial charge < -0.3 is 5.73 Å². The number of hydrogen-bond acceptors (Lipinski definition) is 3. The fourth-order valence-corrected chi connectivity index (χ4v) is 4.85. The van der Waals surface area contributed by atoms with Crippen molar-refractivity contribution in [1.82, 2.24) is 14.6 Å². The van der Waals surface area contributed by atoms with Gasteiger partial charge in [0.05, 0.1) is 11.4 Å². The van der Waals surface area contributed by atoms with Crippen LogP contribution in [0.1, 0.15) is 30.4 Å². The van der Waals surface area contributed by atoms with Crippen LogP contribution in [0.25, 0.3) is 39.3 Å². The topological polar surface area (TPSA) is 56.2 Å². The second kappa shape index (κ2) is 7.68. The molecule has 0 radical (unpaired) electrons. The summed E-state index contributed by atoms with van der Waals surface area (Å²) in [6.45, 7) is 2.14. The van der Waals surface area contributed by atoms with E-state index in [1.165, 1.54) is 28.7 Å². The van der Waals surface area contributed by atoms with Gasteiger partial charge in [-0.1, -0.05) is 72.8 Å². The normalized spacial score (nSPS) is 14.8. The summed E-state index contributed by atoms with van der Waals surface area (Å²) in [6, 6.07) is 29.5. The van der Waals surface area contributed by atoms with Crippen LogP contribution in [-0.4, -0.2) is 14.6 Å². The molecule has 162 valence electrons. The highest BCUT2D eigenvalue weighted by molar-refractivity contribution is 5.85. The summed E-state index contributed by atoms with van der Waals surface area (Å²) in [5.41, 5.74) is 16.1. The van der Waals surface area contributed by atoms with Gasteiger partial charge in [0.2, 0.25) is 0 Å². The lowest BCUT2D eigenvalue weighted by atomic mass is 9.72. The molecule has 0 spiro atoms. The number of nitrogens with zero attached hydrogens (tertiary/aromatic N) is 3. The standard InChI is InChI=1S/C29H26N4/c1-20-7-5-10-24(21-8-3-2-4-9-21)28(20)26-19-27-31-25(15-18-33(27)32-26)22-11-13-23(14-12-22)29(30)16-6-17-29/h2-5,7-15,18-19H,6,16-17,30H2,1H3. The molecule has 6 rings (SSSR count). The number of benzene rings is 3. The molecule has 0 saturated heterocycles. The maximum atomic E-state index is 6.48. The summed E-state index contributed by atoms with van der Waals surface area (Å²) < 4.78 is 1.86. The zero-order chi connectivity index (χ0) is 22.4. The Bertz CT molecular complexity index is 1440. The van der Waals surface area contributed by atoms with Crippen molar-refractivity contribution >= 4 is 5.65 Å². The maximum absolute atomic E-state index is 6.48. The van der Waals surface area contributed by atoms with Gasteiger partial charge in [-0.3, -0.25) is 0 Å². The predicted octanol–water partition coefficient (Wildman–Crippen LogP) is 6.38. The van der Waals surface area contributed by atoms with Gasteiger partial charge in [-0.05, 0) is 54.5 Å². The third-order valence-electron chi connectivity index (χ3n) is 6.94. The van der Waals surface area contributed by atoms with Crippen LogP contribution >= 0.6 is 0 Å². The van der Waals surface area contributed by atoms with Crippen molar-refractivity contribution in [2.75, 3.05) is 0 Å². The second-order valence-electron chi connectivity index (χ2n) is 9.10.